The van der Waals surface area contributed by atoms with E-state index in [1.165, 1.54) is 0 Å². The Morgan fingerprint density at radius 2 is 2.25 bits per heavy atom. The van der Waals surface area contributed by atoms with Gasteiger partial charge in [0.1, 0.15) is 0 Å². The second-order valence-electron chi connectivity index (χ2n) is 4.94. The highest BCUT2D eigenvalue weighted by atomic mass is 16.2. The summed E-state index contributed by atoms with van der Waals surface area (Å²) in [5, 5.41) is 19.9. The van der Waals surface area contributed by atoms with Crippen LogP contribution in [0.25, 0.3) is 0 Å². The highest BCUT2D eigenvalue weighted by Gasteiger charge is 2.16. The van der Waals surface area contributed by atoms with Crippen LogP contribution < -0.4 is 5.32 Å². The standard InChI is InChI=1S/C11H22N4O/c1-11(2,5-4-6-16)9-12-7-10-8-13-14-15(10)3/h8,12,16H,4-7,9H2,1-3H3. The molecule has 0 aliphatic rings. The molecule has 0 atom stereocenters. The molecule has 0 saturated carbocycles. The predicted molar refractivity (Wildman–Crippen MR) is 62.8 cm³/mol. The van der Waals surface area contributed by atoms with Gasteiger partial charge in [-0.15, -0.1) is 5.10 Å². The second-order valence-corrected chi connectivity index (χ2v) is 4.94. The molecule has 2 N–H and O–H groups in total. The van der Waals surface area contributed by atoms with Crippen molar-refractivity contribution < 1.29 is 5.11 Å². The van der Waals surface area contributed by atoms with Gasteiger partial charge in [0.2, 0.25) is 0 Å². The normalized spacial score (nSPS) is 12.0. The highest BCUT2D eigenvalue weighted by molar-refractivity contribution is 4.92. The van der Waals surface area contributed by atoms with E-state index in [4.69, 9.17) is 5.11 Å². The number of hydrogen-bond donors (Lipinski definition) is 2. The van der Waals surface area contributed by atoms with Crippen molar-refractivity contribution in [3.05, 3.63) is 11.9 Å². The maximum Gasteiger partial charge on any atom is 0.0738 e. The summed E-state index contributed by atoms with van der Waals surface area (Å²) in [5.41, 5.74) is 1.30. The number of aliphatic hydroxyl groups excluding tert-OH is 1. The van der Waals surface area contributed by atoms with Crippen molar-refractivity contribution in [2.45, 2.75) is 33.2 Å². The van der Waals surface area contributed by atoms with Crippen LogP contribution >= 0.6 is 0 Å². The Kier molecular flexibility index (Phi) is 4.89. The minimum atomic E-state index is 0.217. The number of aromatic nitrogens is 3. The number of hydrogen-bond acceptors (Lipinski definition) is 4. The summed E-state index contributed by atoms with van der Waals surface area (Å²) in [7, 11) is 1.89. The van der Waals surface area contributed by atoms with E-state index in [-0.39, 0.29) is 12.0 Å². The molecule has 5 nitrogen and oxygen atoms in total. The van der Waals surface area contributed by atoms with Gasteiger partial charge in [0.15, 0.2) is 0 Å². The number of nitrogens with zero attached hydrogens (tertiary/aromatic N) is 3. The fraction of sp³-hybridized carbons (Fsp3) is 0.818. The molecule has 0 amide bonds. The first-order valence-electron chi connectivity index (χ1n) is 5.70. The average molecular weight is 226 g/mol. The van der Waals surface area contributed by atoms with Crippen molar-refractivity contribution in [2.75, 3.05) is 13.2 Å². The first kappa shape index (κ1) is 13.1. The van der Waals surface area contributed by atoms with Gasteiger partial charge in [-0.3, -0.25) is 4.68 Å². The van der Waals surface area contributed by atoms with Crippen LogP contribution in [0.1, 0.15) is 32.4 Å². The maximum absolute atomic E-state index is 8.80. The molecule has 0 spiro atoms. The lowest BCUT2D eigenvalue weighted by Gasteiger charge is -2.24. The van der Waals surface area contributed by atoms with Crippen LogP contribution in [-0.2, 0) is 13.6 Å². The zero-order chi connectivity index (χ0) is 12.0. The molecule has 0 aliphatic carbocycles. The molecule has 92 valence electrons. The van der Waals surface area contributed by atoms with Crippen LogP contribution in [0, 0.1) is 5.41 Å². The maximum atomic E-state index is 8.80. The SMILES string of the molecule is Cn1nncc1CNCC(C)(C)CCCO. The van der Waals surface area contributed by atoms with Crippen molar-refractivity contribution >= 4 is 0 Å². The Bertz CT molecular complexity index is 309. The molecule has 0 fully saturated rings. The molecule has 1 aromatic rings. The Labute approximate surface area is 96.9 Å². The molecular formula is C11H22N4O. The van der Waals surface area contributed by atoms with Crippen molar-refractivity contribution in [3.8, 4) is 0 Å². The third-order valence-electron chi connectivity index (χ3n) is 2.73. The summed E-state index contributed by atoms with van der Waals surface area (Å²) < 4.78 is 1.77. The topological polar surface area (TPSA) is 63.0 Å². The molecular weight excluding hydrogens is 204 g/mol. The molecule has 0 radical (unpaired) electrons. The first-order valence-corrected chi connectivity index (χ1v) is 5.70. The van der Waals surface area contributed by atoms with Crippen molar-refractivity contribution in [3.63, 3.8) is 0 Å². The van der Waals surface area contributed by atoms with Crippen LogP contribution in [0.15, 0.2) is 6.20 Å². The summed E-state index contributed by atoms with van der Waals surface area (Å²) in [5.74, 6) is 0. The lowest BCUT2D eigenvalue weighted by atomic mass is 9.88. The molecule has 1 aromatic heterocycles. The largest absolute Gasteiger partial charge is 0.396 e. The number of nitrogens with one attached hydrogen (secondary N) is 1. The molecule has 0 aromatic carbocycles. The van der Waals surface area contributed by atoms with Crippen LogP contribution in [0.5, 0.6) is 0 Å². The number of aryl methyl sites for hydroxylation is 1. The van der Waals surface area contributed by atoms with Crippen LogP contribution in [0.2, 0.25) is 0 Å². The van der Waals surface area contributed by atoms with Gasteiger partial charge in [0.05, 0.1) is 11.9 Å². The van der Waals surface area contributed by atoms with E-state index in [2.05, 4.69) is 29.5 Å². The van der Waals surface area contributed by atoms with Crippen LogP contribution in [-0.4, -0.2) is 33.3 Å². The summed E-state index contributed by atoms with van der Waals surface area (Å²) in [6.45, 7) is 6.40. The first-order chi connectivity index (χ1) is 7.55. The minimum absolute atomic E-state index is 0.217. The van der Waals surface area contributed by atoms with Gasteiger partial charge >= 0.3 is 0 Å². The molecule has 1 rings (SSSR count). The lowest BCUT2D eigenvalue weighted by Crippen LogP contribution is -2.29. The number of aliphatic hydroxyl groups is 1. The second kappa shape index (κ2) is 5.96. The summed E-state index contributed by atoms with van der Waals surface area (Å²) >= 11 is 0. The average Bonchev–Trinajstić information content (AvgIpc) is 2.62. The zero-order valence-electron chi connectivity index (χ0n) is 10.4. The molecule has 0 bridgehead atoms. The van der Waals surface area contributed by atoms with Crippen molar-refractivity contribution in [1.82, 2.24) is 20.3 Å². The van der Waals surface area contributed by atoms with E-state index >= 15 is 0 Å². The Morgan fingerprint density at radius 1 is 1.50 bits per heavy atom. The van der Waals surface area contributed by atoms with E-state index < -0.39 is 0 Å². The molecule has 0 unspecified atom stereocenters. The molecule has 1 heterocycles. The van der Waals surface area contributed by atoms with Crippen molar-refractivity contribution in [2.24, 2.45) is 12.5 Å². The summed E-state index contributed by atoms with van der Waals surface area (Å²) in [6.07, 6.45) is 3.66. The zero-order valence-corrected chi connectivity index (χ0v) is 10.4. The van der Waals surface area contributed by atoms with E-state index in [9.17, 15) is 0 Å². The van der Waals surface area contributed by atoms with E-state index in [0.29, 0.717) is 0 Å². The monoisotopic (exact) mass is 226 g/mol. The van der Waals surface area contributed by atoms with Gasteiger partial charge in [0.25, 0.3) is 0 Å². The molecule has 0 aliphatic heterocycles. The van der Waals surface area contributed by atoms with Gasteiger partial charge in [-0.05, 0) is 18.3 Å². The van der Waals surface area contributed by atoms with E-state index in [0.717, 1.165) is 31.6 Å². The van der Waals surface area contributed by atoms with E-state index in [1.807, 2.05) is 7.05 Å². The van der Waals surface area contributed by atoms with Gasteiger partial charge in [-0.25, -0.2) is 0 Å². The van der Waals surface area contributed by atoms with Gasteiger partial charge in [0, 0.05) is 26.7 Å². The summed E-state index contributed by atoms with van der Waals surface area (Å²) in [4.78, 5) is 0. The third kappa shape index (κ3) is 4.28. The Morgan fingerprint density at radius 3 is 2.81 bits per heavy atom. The van der Waals surface area contributed by atoms with Gasteiger partial charge < -0.3 is 10.4 Å². The smallest absolute Gasteiger partial charge is 0.0738 e. The van der Waals surface area contributed by atoms with Crippen LogP contribution in [0.3, 0.4) is 0 Å². The highest BCUT2D eigenvalue weighted by Crippen LogP contribution is 2.20. The van der Waals surface area contributed by atoms with Gasteiger partial charge in [-0.1, -0.05) is 19.1 Å². The van der Waals surface area contributed by atoms with Gasteiger partial charge in [-0.2, -0.15) is 0 Å². The van der Waals surface area contributed by atoms with Crippen LogP contribution in [0.4, 0.5) is 0 Å². The van der Waals surface area contributed by atoms with E-state index in [1.54, 1.807) is 10.9 Å². The summed E-state index contributed by atoms with van der Waals surface area (Å²) in [6, 6.07) is 0. The predicted octanol–water partition coefficient (Wildman–Crippen LogP) is 0.703. The Balaban J connectivity index is 2.27. The third-order valence-corrected chi connectivity index (χ3v) is 2.73. The Hall–Kier alpha value is -0.940. The fourth-order valence-corrected chi connectivity index (χ4v) is 1.65. The fourth-order valence-electron chi connectivity index (χ4n) is 1.65. The molecule has 0 saturated heterocycles. The quantitative estimate of drug-likeness (QED) is 0.718. The number of rotatable bonds is 7. The molecule has 5 heteroatoms. The lowest BCUT2D eigenvalue weighted by molar-refractivity contribution is 0.236. The minimum Gasteiger partial charge on any atom is -0.396 e. The molecule has 16 heavy (non-hydrogen) atoms. The van der Waals surface area contributed by atoms with Crippen molar-refractivity contribution in [1.29, 1.82) is 0 Å².